The summed E-state index contributed by atoms with van der Waals surface area (Å²) in [5.74, 6) is -0.347. The van der Waals surface area contributed by atoms with Gasteiger partial charge in [0.05, 0.1) is 6.26 Å². The van der Waals surface area contributed by atoms with Gasteiger partial charge in [-0.1, -0.05) is 41.7 Å². The molecule has 1 atom stereocenters. The van der Waals surface area contributed by atoms with E-state index in [1.165, 1.54) is 15.6 Å². The van der Waals surface area contributed by atoms with Crippen LogP contribution in [0.3, 0.4) is 0 Å². The molecule has 9 heteroatoms. The van der Waals surface area contributed by atoms with E-state index in [0.717, 1.165) is 16.8 Å². The number of hydrogen-bond acceptors (Lipinski definition) is 6. The van der Waals surface area contributed by atoms with E-state index in [9.17, 15) is 13.2 Å². The van der Waals surface area contributed by atoms with E-state index in [0.29, 0.717) is 30.9 Å². The molecule has 1 aromatic carbocycles. The molecule has 3 rings (SSSR count). The number of nitrogens with zero attached hydrogens (tertiary/aromatic N) is 3. The van der Waals surface area contributed by atoms with Crippen LogP contribution in [0.4, 0.5) is 5.13 Å². The number of amides is 1. The van der Waals surface area contributed by atoms with Crippen molar-refractivity contribution in [2.45, 2.75) is 25.3 Å². The van der Waals surface area contributed by atoms with Crippen LogP contribution in [0.15, 0.2) is 30.3 Å². The zero-order chi connectivity index (χ0) is 17.2. The normalized spacial score (nSPS) is 18.6. The first-order valence-electron chi connectivity index (χ1n) is 7.57. The number of aromatic nitrogens is 2. The Kier molecular flexibility index (Phi) is 4.93. The van der Waals surface area contributed by atoms with Gasteiger partial charge in [-0.3, -0.25) is 10.1 Å². The largest absolute Gasteiger partial charge is 0.299 e. The molecule has 1 fully saturated rings. The van der Waals surface area contributed by atoms with Crippen LogP contribution < -0.4 is 5.32 Å². The van der Waals surface area contributed by atoms with Crippen molar-refractivity contribution in [2.24, 2.45) is 0 Å². The second-order valence-corrected chi connectivity index (χ2v) is 8.68. The maximum atomic E-state index is 12.4. The standard InChI is InChI=1S/C15H18N4O3S2/c1-24(21,22)19-9-5-8-12(19)14(20)16-15-18-17-13(23-15)10-11-6-3-2-4-7-11/h2-4,6-7,12H,5,8-10H2,1H3,(H,16,18,20). The van der Waals surface area contributed by atoms with E-state index in [4.69, 9.17) is 0 Å². The van der Waals surface area contributed by atoms with Gasteiger partial charge in [0.15, 0.2) is 0 Å². The quantitative estimate of drug-likeness (QED) is 0.865. The number of hydrogen-bond donors (Lipinski definition) is 1. The van der Waals surface area contributed by atoms with Crippen molar-refractivity contribution in [2.75, 3.05) is 18.1 Å². The molecule has 1 aliphatic heterocycles. The second-order valence-electron chi connectivity index (χ2n) is 5.68. The summed E-state index contributed by atoms with van der Waals surface area (Å²) in [5.41, 5.74) is 1.12. The summed E-state index contributed by atoms with van der Waals surface area (Å²) >= 11 is 1.30. The maximum absolute atomic E-state index is 12.4. The molecule has 2 aromatic rings. The average Bonchev–Trinajstić information content (AvgIpc) is 3.17. The van der Waals surface area contributed by atoms with Crippen LogP contribution in [0, 0.1) is 0 Å². The first kappa shape index (κ1) is 17.0. The molecule has 0 aliphatic carbocycles. The molecule has 0 bridgehead atoms. The Hall–Kier alpha value is -1.84. The molecule has 1 unspecified atom stereocenters. The fraction of sp³-hybridized carbons (Fsp3) is 0.400. The minimum Gasteiger partial charge on any atom is -0.299 e. The fourth-order valence-electron chi connectivity index (χ4n) is 2.73. The summed E-state index contributed by atoms with van der Waals surface area (Å²) in [4.78, 5) is 12.4. The van der Waals surface area contributed by atoms with Crippen LogP contribution >= 0.6 is 11.3 Å². The fourth-order valence-corrected chi connectivity index (χ4v) is 4.63. The second kappa shape index (κ2) is 6.96. The average molecular weight is 366 g/mol. The molecule has 24 heavy (non-hydrogen) atoms. The number of nitrogens with one attached hydrogen (secondary N) is 1. The van der Waals surface area contributed by atoms with Crippen molar-refractivity contribution in [1.29, 1.82) is 0 Å². The zero-order valence-electron chi connectivity index (χ0n) is 13.2. The van der Waals surface area contributed by atoms with Crippen molar-refractivity contribution in [3.63, 3.8) is 0 Å². The SMILES string of the molecule is CS(=O)(=O)N1CCCC1C(=O)Nc1nnc(Cc2ccccc2)s1. The lowest BCUT2D eigenvalue weighted by Crippen LogP contribution is -2.42. The first-order valence-corrected chi connectivity index (χ1v) is 10.2. The van der Waals surface area contributed by atoms with Crippen LogP contribution in [0.1, 0.15) is 23.4 Å². The summed E-state index contributed by atoms with van der Waals surface area (Å²) < 4.78 is 24.7. The summed E-state index contributed by atoms with van der Waals surface area (Å²) in [7, 11) is -3.38. The highest BCUT2D eigenvalue weighted by atomic mass is 32.2. The highest BCUT2D eigenvalue weighted by molar-refractivity contribution is 7.88. The van der Waals surface area contributed by atoms with E-state index in [1.54, 1.807) is 0 Å². The molecular weight excluding hydrogens is 348 g/mol. The minimum absolute atomic E-state index is 0.347. The molecule has 1 aromatic heterocycles. The van der Waals surface area contributed by atoms with Crippen LogP contribution in [-0.2, 0) is 21.2 Å². The van der Waals surface area contributed by atoms with Gasteiger partial charge < -0.3 is 0 Å². The third kappa shape index (κ3) is 3.97. The van der Waals surface area contributed by atoms with E-state index >= 15 is 0 Å². The van der Waals surface area contributed by atoms with Gasteiger partial charge in [-0.15, -0.1) is 10.2 Å². The first-order chi connectivity index (χ1) is 11.4. The van der Waals surface area contributed by atoms with Crippen molar-refractivity contribution < 1.29 is 13.2 Å². The Bertz CT molecular complexity index is 820. The van der Waals surface area contributed by atoms with E-state index in [2.05, 4.69) is 15.5 Å². The van der Waals surface area contributed by atoms with Gasteiger partial charge in [-0.25, -0.2) is 8.42 Å². The third-order valence-corrected chi connectivity index (χ3v) is 5.96. The van der Waals surface area contributed by atoms with Crippen molar-refractivity contribution in [3.8, 4) is 0 Å². The highest BCUT2D eigenvalue weighted by Crippen LogP contribution is 2.23. The molecule has 0 saturated carbocycles. The third-order valence-electron chi connectivity index (χ3n) is 3.83. The molecule has 0 spiro atoms. The zero-order valence-corrected chi connectivity index (χ0v) is 14.8. The Morgan fingerprint density at radius 3 is 2.79 bits per heavy atom. The lowest BCUT2D eigenvalue weighted by Gasteiger charge is -2.20. The molecule has 2 heterocycles. The molecule has 0 radical (unpaired) electrons. The Morgan fingerprint density at radius 2 is 2.08 bits per heavy atom. The number of benzene rings is 1. The van der Waals surface area contributed by atoms with Crippen LogP contribution in [-0.4, -0.2) is 47.7 Å². The Morgan fingerprint density at radius 1 is 1.33 bits per heavy atom. The van der Waals surface area contributed by atoms with Gasteiger partial charge in [-0.2, -0.15) is 4.31 Å². The molecule has 7 nitrogen and oxygen atoms in total. The van der Waals surface area contributed by atoms with Crippen LogP contribution in [0.25, 0.3) is 0 Å². The van der Waals surface area contributed by atoms with Crippen molar-refractivity contribution >= 4 is 32.4 Å². The Labute approximate surface area is 144 Å². The predicted molar refractivity (Wildman–Crippen MR) is 92.4 cm³/mol. The number of carbonyl (C=O) groups is 1. The van der Waals surface area contributed by atoms with Gasteiger partial charge >= 0.3 is 0 Å². The van der Waals surface area contributed by atoms with Gasteiger partial charge in [0, 0.05) is 13.0 Å². The Balaban J connectivity index is 1.65. The van der Waals surface area contributed by atoms with Crippen LogP contribution in [0.2, 0.25) is 0 Å². The number of rotatable bonds is 5. The van der Waals surface area contributed by atoms with E-state index < -0.39 is 16.1 Å². The summed E-state index contributed by atoms with van der Waals surface area (Å²) in [6.07, 6.45) is 2.98. The minimum atomic E-state index is -3.38. The molecular formula is C15H18N4O3S2. The van der Waals surface area contributed by atoms with Crippen molar-refractivity contribution in [1.82, 2.24) is 14.5 Å². The monoisotopic (exact) mass is 366 g/mol. The molecule has 1 aliphatic rings. The lowest BCUT2D eigenvalue weighted by atomic mass is 10.2. The van der Waals surface area contributed by atoms with Gasteiger partial charge in [0.2, 0.25) is 21.1 Å². The van der Waals surface area contributed by atoms with Crippen LogP contribution in [0.5, 0.6) is 0 Å². The van der Waals surface area contributed by atoms with Crippen molar-refractivity contribution in [3.05, 3.63) is 40.9 Å². The predicted octanol–water partition coefficient (Wildman–Crippen LogP) is 1.49. The number of sulfonamides is 1. The van der Waals surface area contributed by atoms with Gasteiger partial charge in [0.25, 0.3) is 0 Å². The lowest BCUT2D eigenvalue weighted by molar-refractivity contribution is -0.119. The molecule has 1 saturated heterocycles. The van der Waals surface area contributed by atoms with E-state index in [-0.39, 0.29) is 5.91 Å². The molecule has 128 valence electrons. The molecule has 1 amide bonds. The van der Waals surface area contributed by atoms with E-state index in [1.807, 2.05) is 30.3 Å². The number of carbonyl (C=O) groups excluding carboxylic acids is 1. The smallest absolute Gasteiger partial charge is 0.244 e. The topological polar surface area (TPSA) is 92.3 Å². The van der Waals surface area contributed by atoms with Gasteiger partial charge in [-0.05, 0) is 18.4 Å². The summed E-state index contributed by atoms with van der Waals surface area (Å²) in [5, 5.41) is 11.9. The molecule has 1 N–H and O–H groups in total. The number of anilines is 1. The summed E-state index contributed by atoms with van der Waals surface area (Å²) in [6, 6.07) is 9.20. The maximum Gasteiger partial charge on any atom is 0.244 e. The van der Waals surface area contributed by atoms with Gasteiger partial charge in [0.1, 0.15) is 11.0 Å². The summed E-state index contributed by atoms with van der Waals surface area (Å²) in [6.45, 7) is 0.381. The highest BCUT2D eigenvalue weighted by Gasteiger charge is 2.36.